The molecule has 0 radical (unpaired) electrons. The smallest absolute Gasteiger partial charge is 0.334 e. The van der Waals surface area contributed by atoms with Gasteiger partial charge in [-0.05, 0) is 95.8 Å². The number of hydrogen-bond donors (Lipinski definition) is 2. The van der Waals surface area contributed by atoms with Gasteiger partial charge >= 0.3 is 11.9 Å². The minimum absolute atomic E-state index is 0.155. The lowest BCUT2D eigenvalue weighted by Crippen LogP contribution is -2.57. The molecule has 2 bridgehead atoms. The van der Waals surface area contributed by atoms with E-state index >= 15 is 0 Å². The number of carbonyl (C=O) groups is 3. The summed E-state index contributed by atoms with van der Waals surface area (Å²) in [6.45, 7) is 13.6. The Kier molecular flexibility index (Phi) is 14.1. The van der Waals surface area contributed by atoms with Gasteiger partial charge in [0.25, 0.3) is 0 Å². The number of ether oxygens (including phenoxy) is 1. The Hall–Kier alpha value is -3.45. The Morgan fingerprint density at radius 2 is 1.44 bits per heavy atom. The molecule has 0 spiro atoms. The number of rotatable bonds is 16. The number of piperidine rings is 1. The zero-order chi connectivity index (χ0) is 41.0. The Bertz CT molecular complexity index is 1840. The van der Waals surface area contributed by atoms with Crippen LogP contribution in [-0.4, -0.2) is 137 Å². The molecule has 4 aliphatic heterocycles. The third kappa shape index (κ3) is 8.94. The second kappa shape index (κ2) is 18.6. The summed E-state index contributed by atoms with van der Waals surface area (Å²) in [5.74, 6) is -2.79. The van der Waals surface area contributed by atoms with E-state index in [9.17, 15) is 24.6 Å². The molecule has 2 aromatic carbocycles. The van der Waals surface area contributed by atoms with Gasteiger partial charge in [-0.3, -0.25) is 9.69 Å². The van der Waals surface area contributed by atoms with Gasteiger partial charge in [-0.2, -0.15) is 0 Å². The number of carboxylic acid groups (broad SMARTS) is 2. The molecule has 2 aromatic rings. The number of hydrogen-bond acceptors (Lipinski definition) is 8. The summed E-state index contributed by atoms with van der Waals surface area (Å²) < 4.78 is 6.11. The van der Waals surface area contributed by atoms with E-state index in [1.807, 2.05) is 29.2 Å². The summed E-state index contributed by atoms with van der Waals surface area (Å²) in [7, 11) is 2.24. The molecule has 0 aromatic heterocycles. The fraction of sp³-hybridized carbons (Fsp3) is 0.568. The van der Waals surface area contributed by atoms with Crippen LogP contribution in [0.2, 0.25) is 10.0 Å². The molecule has 6 rings (SSSR count). The van der Waals surface area contributed by atoms with Crippen molar-refractivity contribution in [2.45, 2.75) is 96.4 Å². The van der Waals surface area contributed by atoms with Crippen LogP contribution in [-0.2, 0) is 37.6 Å². The van der Waals surface area contributed by atoms with Gasteiger partial charge in [0.1, 0.15) is 6.54 Å². The summed E-state index contributed by atoms with van der Waals surface area (Å²) in [4.78, 5) is 52.2. The normalized spacial score (nSPS) is 24.5. The van der Waals surface area contributed by atoms with Crippen LogP contribution in [0.3, 0.4) is 0 Å². The summed E-state index contributed by atoms with van der Waals surface area (Å²) in [6.07, 6.45) is 5.45. The number of carbonyl (C=O) groups excluding carboxylic acids is 1. The molecular weight excluding hydrogens is 765 g/mol. The molecule has 11 nitrogen and oxygen atoms in total. The number of allylic oxidation sites excluding steroid dienone is 2. The average Bonchev–Trinajstić information content (AvgIpc) is 3.36. The number of likely N-dealkylation sites (N-methyl/N-ethyl adjacent to an activating group) is 1. The highest BCUT2D eigenvalue weighted by atomic mass is 35.5. The van der Waals surface area contributed by atoms with Crippen LogP contribution < -0.4 is 0 Å². The summed E-state index contributed by atoms with van der Waals surface area (Å²) >= 11 is 13.6. The van der Waals surface area contributed by atoms with Crippen LogP contribution in [0, 0.1) is 0 Å². The van der Waals surface area contributed by atoms with E-state index in [-0.39, 0.29) is 51.3 Å². The zero-order valence-electron chi connectivity index (χ0n) is 34.1. The molecule has 0 aliphatic carbocycles. The first-order valence-corrected chi connectivity index (χ1v) is 21.3. The molecule has 3 fully saturated rings. The largest absolute Gasteiger partial charge is 0.478 e. The van der Waals surface area contributed by atoms with Crippen LogP contribution in [0.4, 0.5) is 0 Å². The predicted octanol–water partition coefficient (Wildman–Crippen LogP) is 6.52. The van der Waals surface area contributed by atoms with E-state index in [1.54, 1.807) is 36.9 Å². The molecule has 2 N–H and O–H groups in total. The third-order valence-electron chi connectivity index (χ3n) is 13.3. The molecule has 3 atom stereocenters. The first kappa shape index (κ1) is 43.1. The number of fused-ring (bicyclic) bond motifs is 2. The number of piperazine rings is 1. The van der Waals surface area contributed by atoms with Gasteiger partial charge in [-0.1, -0.05) is 67.4 Å². The number of halogens is 2. The number of aliphatic carboxylic acids is 2. The zero-order valence-corrected chi connectivity index (χ0v) is 35.6. The van der Waals surface area contributed by atoms with E-state index in [1.165, 1.54) is 12.8 Å². The maximum atomic E-state index is 14.3. The summed E-state index contributed by atoms with van der Waals surface area (Å²) in [5, 5.41) is 22.4. The van der Waals surface area contributed by atoms with Crippen molar-refractivity contribution in [2.75, 3.05) is 66.0 Å². The third-order valence-corrected chi connectivity index (χ3v) is 13.9. The fourth-order valence-corrected chi connectivity index (χ4v) is 10.8. The number of nitrogens with zero attached hydrogens (tertiary/aromatic N) is 5. The van der Waals surface area contributed by atoms with Crippen LogP contribution in [0.5, 0.6) is 0 Å². The van der Waals surface area contributed by atoms with Gasteiger partial charge < -0.3 is 34.5 Å². The van der Waals surface area contributed by atoms with Gasteiger partial charge in [-0.25, -0.2) is 9.59 Å². The molecule has 3 unspecified atom stereocenters. The van der Waals surface area contributed by atoms with E-state index in [4.69, 9.17) is 27.9 Å². The number of benzene rings is 2. The molecule has 0 saturated carbocycles. The van der Waals surface area contributed by atoms with Crippen molar-refractivity contribution in [1.29, 1.82) is 0 Å². The lowest BCUT2D eigenvalue weighted by atomic mass is 9.66. The first-order chi connectivity index (χ1) is 27.3. The molecule has 4 heterocycles. The van der Waals surface area contributed by atoms with Gasteiger partial charge in [0.05, 0.1) is 29.8 Å². The van der Waals surface area contributed by atoms with Gasteiger partial charge in [0.2, 0.25) is 5.91 Å². The van der Waals surface area contributed by atoms with E-state index in [0.717, 1.165) is 56.7 Å². The van der Waals surface area contributed by atoms with Crippen LogP contribution >= 0.6 is 23.2 Å². The highest BCUT2D eigenvalue weighted by molar-refractivity contribution is 6.36. The second-order valence-corrected chi connectivity index (χ2v) is 17.0. The van der Waals surface area contributed by atoms with Crippen molar-refractivity contribution in [1.82, 2.24) is 24.5 Å². The second-order valence-electron chi connectivity index (χ2n) is 16.1. The Balaban J connectivity index is 1.31. The van der Waals surface area contributed by atoms with E-state index in [0.29, 0.717) is 56.5 Å². The maximum Gasteiger partial charge on any atom is 0.334 e. The van der Waals surface area contributed by atoms with Gasteiger partial charge in [-0.15, -0.1) is 0 Å². The monoisotopic (exact) mass is 823 g/mol. The average molecular weight is 825 g/mol. The topological polar surface area (TPSA) is 117 Å². The summed E-state index contributed by atoms with van der Waals surface area (Å²) in [5.41, 5.74) is 0.698. The van der Waals surface area contributed by atoms with Crippen molar-refractivity contribution < 1.29 is 29.3 Å². The Labute approximate surface area is 347 Å². The maximum absolute atomic E-state index is 14.3. The van der Waals surface area contributed by atoms with Crippen molar-refractivity contribution in [3.8, 4) is 0 Å². The molecule has 310 valence electrons. The lowest BCUT2D eigenvalue weighted by molar-refractivity contribution is -0.137. The van der Waals surface area contributed by atoms with Gasteiger partial charge in [0.15, 0.2) is 0 Å². The SMILES string of the molecule is CCN(CC)CCOCc1ccccc1CCC1=C(C(=O)O)C(C)(c2c(Cl)cccc2Cl)C(C(=O)O)=C(C)N1CC(=O)N1CCN(C2CC3CCC(C2)N3C)CC1. The van der Waals surface area contributed by atoms with Crippen molar-refractivity contribution >= 4 is 41.0 Å². The standard InChI is InChI=1S/C44H59Cl2N5O6/c1-6-48(7-2)23-24-57-28-31-12-9-8-11-30(31)15-18-37-41(43(55)56)44(4,40-35(45)13-10-14-36(40)46)39(42(53)54)29(3)51(37)27-38(52)50-21-19-49(20-22-50)34-25-32-16-17-33(26-34)47(32)5/h8-14,32-34H,6-7,15-28H2,1-5H3,(H,53,54)(H,55,56). The molecule has 3 saturated heterocycles. The minimum Gasteiger partial charge on any atom is -0.478 e. The number of aryl methyl sites for hydroxylation is 1. The molecular formula is C44H59Cl2N5O6. The van der Waals surface area contributed by atoms with Crippen LogP contribution in [0.15, 0.2) is 65.0 Å². The quantitative estimate of drug-likeness (QED) is 0.181. The van der Waals surface area contributed by atoms with Crippen LogP contribution in [0.25, 0.3) is 0 Å². The molecule has 57 heavy (non-hydrogen) atoms. The number of amides is 1. The van der Waals surface area contributed by atoms with Crippen LogP contribution in [0.1, 0.15) is 76.5 Å². The predicted molar refractivity (Wildman–Crippen MR) is 223 cm³/mol. The molecule has 1 amide bonds. The van der Waals surface area contributed by atoms with Crippen molar-refractivity contribution in [3.63, 3.8) is 0 Å². The minimum atomic E-state index is -1.75. The van der Waals surface area contributed by atoms with Crippen molar-refractivity contribution in [3.05, 3.63) is 91.7 Å². The first-order valence-electron chi connectivity index (χ1n) is 20.5. The number of carboxylic acids is 2. The van der Waals surface area contributed by atoms with Gasteiger partial charge in [0, 0.05) is 77.9 Å². The lowest BCUT2D eigenvalue weighted by Gasteiger charge is -2.46. The highest BCUT2D eigenvalue weighted by Gasteiger charge is 2.51. The Morgan fingerprint density at radius 3 is 2.02 bits per heavy atom. The van der Waals surface area contributed by atoms with E-state index < -0.39 is 17.4 Å². The molecule has 4 aliphatic rings. The van der Waals surface area contributed by atoms with E-state index in [2.05, 4.69) is 35.6 Å². The van der Waals surface area contributed by atoms with Crippen molar-refractivity contribution in [2.24, 2.45) is 0 Å². The highest BCUT2D eigenvalue weighted by Crippen LogP contribution is 2.52. The summed E-state index contributed by atoms with van der Waals surface area (Å²) in [6, 6.07) is 14.5. The Morgan fingerprint density at radius 1 is 0.842 bits per heavy atom. The molecule has 13 heteroatoms. The fourth-order valence-electron chi connectivity index (χ4n) is 10.0.